The van der Waals surface area contributed by atoms with E-state index in [2.05, 4.69) is 19.1 Å². The molecule has 1 unspecified atom stereocenters. The van der Waals surface area contributed by atoms with Crippen molar-refractivity contribution >= 4 is 5.91 Å². The minimum absolute atomic E-state index is 0.301. The average molecular weight is 274 g/mol. The first kappa shape index (κ1) is 15.0. The number of hydrogen-bond acceptors (Lipinski definition) is 2. The highest BCUT2D eigenvalue weighted by Gasteiger charge is 2.22. The molecule has 1 saturated heterocycles. The molecule has 1 aromatic rings. The van der Waals surface area contributed by atoms with Gasteiger partial charge in [0.25, 0.3) is 0 Å². The van der Waals surface area contributed by atoms with Gasteiger partial charge in [0, 0.05) is 26.1 Å². The molecule has 0 aromatic heterocycles. The van der Waals surface area contributed by atoms with Crippen molar-refractivity contribution in [3.63, 3.8) is 0 Å². The smallest absolute Gasteiger partial charge is 0.222 e. The standard InChI is InChI=1S/C17H26N2O/c1-2-5-14-8-9-17(20)19(11-10-14)13-16-7-4-3-6-15(16)12-18/h3-4,6-7,14H,2,5,8-13,18H2,1H3. The minimum atomic E-state index is 0.301. The van der Waals surface area contributed by atoms with E-state index in [9.17, 15) is 4.79 Å². The SMILES string of the molecule is CCCC1CCC(=O)N(Cc2ccccc2CN)CC1. The highest BCUT2D eigenvalue weighted by atomic mass is 16.2. The van der Waals surface area contributed by atoms with Gasteiger partial charge in [-0.05, 0) is 29.9 Å². The Bertz CT molecular complexity index is 444. The van der Waals surface area contributed by atoms with E-state index in [0.717, 1.165) is 30.9 Å². The Hall–Kier alpha value is -1.35. The van der Waals surface area contributed by atoms with Gasteiger partial charge in [0.2, 0.25) is 5.91 Å². The lowest BCUT2D eigenvalue weighted by molar-refractivity contribution is -0.131. The summed E-state index contributed by atoms with van der Waals surface area (Å²) >= 11 is 0. The van der Waals surface area contributed by atoms with Crippen LogP contribution < -0.4 is 5.73 Å². The summed E-state index contributed by atoms with van der Waals surface area (Å²) in [5.74, 6) is 1.02. The average Bonchev–Trinajstić information content (AvgIpc) is 2.64. The van der Waals surface area contributed by atoms with Gasteiger partial charge in [-0.2, -0.15) is 0 Å². The summed E-state index contributed by atoms with van der Waals surface area (Å²) in [6, 6.07) is 8.17. The largest absolute Gasteiger partial charge is 0.338 e. The molecule has 1 aromatic carbocycles. The van der Waals surface area contributed by atoms with Crippen LogP contribution in [0, 0.1) is 5.92 Å². The molecule has 2 N–H and O–H groups in total. The second-order valence-corrected chi connectivity index (χ2v) is 5.77. The Morgan fingerprint density at radius 2 is 2.00 bits per heavy atom. The molecule has 3 nitrogen and oxygen atoms in total. The third-order valence-electron chi connectivity index (χ3n) is 4.32. The number of carbonyl (C=O) groups is 1. The molecule has 0 spiro atoms. The first-order valence-electron chi connectivity index (χ1n) is 7.79. The molecule has 0 bridgehead atoms. The van der Waals surface area contributed by atoms with Crippen molar-refractivity contribution in [2.45, 2.75) is 52.1 Å². The van der Waals surface area contributed by atoms with Crippen LogP contribution in [0.5, 0.6) is 0 Å². The molecule has 1 heterocycles. The van der Waals surface area contributed by atoms with Gasteiger partial charge in [-0.3, -0.25) is 4.79 Å². The van der Waals surface area contributed by atoms with Crippen LogP contribution in [0.3, 0.4) is 0 Å². The van der Waals surface area contributed by atoms with Crippen molar-refractivity contribution in [1.82, 2.24) is 4.90 Å². The zero-order chi connectivity index (χ0) is 14.4. The van der Waals surface area contributed by atoms with Crippen LogP contribution in [0.15, 0.2) is 24.3 Å². The third kappa shape index (κ3) is 3.83. The van der Waals surface area contributed by atoms with Crippen LogP contribution in [-0.2, 0) is 17.9 Å². The van der Waals surface area contributed by atoms with Crippen molar-refractivity contribution in [1.29, 1.82) is 0 Å². The summed E-state index contributed by atoms with van der Waals surface area (Å²) in [6.45, 7) is 4.37. The maximum Gasteiger partial charge on any atom is 0.222 e. The van der Waals surface area contributed by atoms with E-state index in [1.54, 1.807) is 0 Å². The number of nitrogens with two attached hydrogens (primary N) is 1. The fraction of sp³-hybridized carbons (Fsp3) is 0.588. The molecule has 1 aliphatic rings. The van der Waals surface area contributed by atoms with Gasteiger partial charge in [0.1, 0.15) is 0 Å². The Labute approximate surface area is 122 Å². The van der Waals surface area contributed by atoms with E-state index in [0.29, 0.717) is 25.4 Å². The Kier molecular flexibility index (Phi) is 5.60. The lowest BCUT2D eigenvalue weighted by Gasteiger charge is -2.22. The molecule has 0 saturated carbocycles. The van der Waals surface area contributed by atoms with Crippen LogP contribution in [-0.4, -0.2) is 17.4 Å². The summed E-state index contributed by atoms with van der Waals surface area (Å²) in [4.78, 5) is 14.3. The van der Waals surface area contributed by atoms with E-state index >= 15 is 0 Å². The van der Waals surface area contributed by atoms with Gasteiger partial charge in [-0.1, -0.05) is 44.0 Å². The second kappa shape index (κ2) is 7.44. The van der Waals surface area contributed by atoms with Crippen LogP contribution in [0.2, 0.25) is 0 Å². The Morgan fingerprint density at radius 3 is 2.70 bits per heavy atom. The maximum atomic E-state index is 12.3. The predicted octanol–water partition coefficient (Wildman–Crippen LogP) is 3.07. The fourth-order valence-electron chi connectivity index (χ4n) is 3.07. The molecule has 1 atom stereocenters. The number of rotatable bonds is 5. The highest BCUT2D eigenvalue weighted by Crippen LogP contribution is 2.24. The number of nitrogens with zero attached hydrogens (tertiary/aromatic N) is 1. The lowest BCUT2D eigenvalue weighted by atomic mass is 9.96. The van der Waals surface area contributed by atoms with Crippen LogP contribution >= 0.6 is 0 Å². The first-order chi connectivity index (χ1) is 9.74. The number of hydrogen-bond donors (Lipinski definition) is 1. The molecule has 1 fully saturated rings. The van der Waals surface area contributed by atoms with E-state index in [4.69, 9.17) is 5.73 Å². The van der Waals surface area contributed by atoms with Crippen molar-refractivity contribution in [2.24, 2.45) is 11.7 Å². The van der Waals surface area contributed by atoms with Gasteiger partial charge >= 0.3 is 0 Å². The predicted molar refractivity (Wildman–Crippen MR) is 82.0 cm³/mol. The van der Waals surface area contributed by atoms with Gasteiger partial charge in [0.05, 0.1) is 0 Å². The second-order valence-electron chi connectivity index (χ2n) is 5.77. The van der Waals surface area contributed by atoms with Gasteiger partial charge in [0.15, 0.2) is 0 Å². The first-order valence-corrected chi connectivity index (χ1v) is 7.79. The molecule has 20 heavy (non-hydrogen) atoms. The van der Waals surface area contributed by atoms with E-state index < -0.39 is 0 Å². The van der Waals surface area contributed by atoms with Gasteiger partial charge in [-0.25, -0.2) is 0 Å². The molecule has 1 aliphatic heterocycles. The topological polar surface area (TPSA) is 46.3 Å². The van der Waals surface area contributed by atoms with Crippen molar-refractivity contribution in [2.75, 3.05) is 6.54 Å². The zero-order valence-electron chi connectivity index (χ0n) is 12.5. The van der Waals surface area contributed by atoms with E-state index in [1.165, 1.54) is 18.4 Å². The Morgan fingerprint density at radius 1 is 1.25 bits per heavy atom. The molecule has 1 amide bonds. The number of benzene rings is 1. The Balaban J connectivity index is 2.02. The summed E-state index contributed by atoms with van der Waals surface area (Å²) in [6.07, 6.45) is 5.37. The molecule has 0 radical (unpaired) electrons. The molecule has 0 aliphatic carbocycles. The number of carbonyl (C=O) groups excluding carboxylic acids is 1. The summed E-state index contributed by atoms with van der Waals surface area (Å²) in [7, 11) is 0. The number of likely N-dealkylation sites (tertiary alicyclic amines) is 1. The minimum Gasteiger partial charge on any atom is -0.338 e. The number of amides is 1. The van der Waals surface area contributed by atoms with Crippen LogP contribution in [0.1, 0.15) is 50.2 Å². The highest BCUT2D eigenvalue weighted by molar-refractivity contribution is 5.76. The summed E-state index contributed by atoms with van der Waals surface area (Å²) in [5, 5.41) is 0. The van der Waals surface area contributed by atoms with Crippen LogP contribution in [0.4, 0.5) is 0 Å². The maximum absolute atomic E-state index is 12.3. The molecule has 2 rings (SSSR count). The normalized spacial score (nSPS) is 20.0. The zero-order valence-corrected chi connectivity index (χ0v) is 12.5. The molecule has 110 valence electrons. The lowest BCUT2D eigenvalue weighted by Crippen LogP contribution is -2.30. The molecular weight excluding hydrogens is 248 g/mol. The van der Waals surface area contributed by atoms with E-state index in [-0.39, 0.29) is 0 Å². The summed E-state index contributed by atoms with van der Waals surface area (Å²) in [5.41, 5.74) is 8.12. The third-order valence-corrected chi connectivity index (χ3v) is 4.32. The monoisotopic (exact) mass is 274 g/mol. The molecular formula is C17H26N2O. The quantitative estimate of drug-likeness (QED) is 0.897. The van der Waals surface area contributed by atoms with Gasteiger partial charge in [-0.15, -0.1) is 0 Å². The van der Waals surface area contributed by atoms with Crippen molar-refractivity contribution in [3.05, 3.63) is 35.4 Å². The van der Waals surface area contributed by atoms with Gasteiger partial charge < -0.3 is 10.6 Å². The fourth-order valence-corrected chi connectivity index (χ4v) is 3.07. The van der Waals surface area contributed by atoms with Crippen LogP contribution in [0.25, 0.3) is 0 Å². The van der Waals surface area contributed by atoms with E-state index in [1.807, 2.05) is 17.0 Å². The van der Waals surface area contributed by atoms with Crippen molar-refractivity contribution < 1.29 is 4.79 Å². The molecule has 3 heteroatoms. The van der Waals surface area contributed by atoms with Crippen molar-refractivity contribution in [3.8, 4) is 0 Å². The summed E-state index contributed by atoms with van der Waals surface area (Å²) < 4.78 is 0.